The molecule has 234 valence electrons. The van der Waals surface area contributed by atoms with E-state index >= 15 is 0 Å². The third-order valence-corrected chi connectivity index (χ3v) is 8.44. The topological polar surface area (TPSA) is 88.2 Å². The zero-order valence-corrected chi connectivity index (χ0v) is 26.8. The predicted molar refractivity (Wildman–Crippen MR) is 198 cm³/mol. The predicted octanol–water partition coefficient (Wildman–Crippen LogP) is 10.2. The molecule has 6 aromatic carbocycles. The van der Waals surface area contributed by atoms with Crippen LogP contribution in [0.1, 0.15) is 5.56 Å². The van der Waals surface area contributed by atoms with Crippen LogP contribution in [0.2, 0.25) is 0 Å². The van der Waals surface area contributed by atoms with Crippen LogP contribution in [0, 0.1) is 11.3 Å². The second-order valence-corrected chi connectivity index (χ2v) is 11.7. The van der Waals surface area contributed by atoms with E-state index in [1.165, 1.54) is 0 Å². The van der Waals surface area contributed by atoms with Crippen LogP contribution in [0.3, 0.4) is 0 Å². The van der Waals surface area contributed by atoms with Gasteiger partial charge in [0, 0.05) is 33.4 Å². The van der Waals surface area contributed by atoms with Gasteiger partial charge in [-0.25, -0.2) is 24.9 Å². The van der Waals surface area contributed by atoms with Gasteiger partial charge in [0.2, 0.25) is 0 Å². The van der Waals surface area contributed by atoms with Crippen molar-refractivity contribution in [2.45, 2.75) is 0 Å². The molecule has 2 aromatic heterocycles. The average Bonchev–Trinajstić information content (AvgIpc) is 3.21. The fourth-order valence-electron chi connectivity index (χ4n) is 5.84. The van der Waals surface area contributed by atoms with Gasteiger partial charge in [-0.15, -0.1) is 0 Å². The summed E-state index contributed by atoms with van der Waals surface area (Å²) in [7, 11) is 0. The van der Waals surface area contributed by atoms with Crippen molar-refractivity contribution in [2.75, 3.05) is 0 Å². The molecule has 50 heavy (non-hydrogen) atoms. The van der Waals surface area contributed by atoms with Crippen molar-refractivity contribution in [1.29, 1.82) is 5.26 Å². The monoisotopic (exact) mass is 640 g/mol. The van der Waals surface area contributed by atoms with E-state index in [4.69, 9.17) is 24.9 Å². The van der Waals surface area contributed by atoms with Crippen molar-refractivity contribution in [3.8, 4) is 85.3 Å². The van der Waals surface area contributed by atoms with Crippen LogP contribution in [0.15, 0.2) is 170 Å². The Balaban J connectivity index is 1.12. The number of nitriles is 1. The molecule has 0 aliphatic carbocycles. The summed E-state index contributed by atoms with van der Waals surface area (Å²) in [5, 5.41) is 9.79. The lowest BCUT2D eigenvalue weighted by Gasteiger charge is -2.11. The van der Waals surface area contributed by atoms with Gasteiger partial charge < -0.3 is 0 Å². The Hall–Kier alpha value is -7.10. The number of hydrogen-bond donors (Lipinski definition) is 0. The standard InChI is InChI=1S/C44H28N6/c45-29-37-18-10-11-19-38(37)40-28-39(32-12-4-1-5-13-32)46-41(47-40)35-24-20-30(21-25-35)31-22-26-36(27-23-31)44-49-42(33-14-6-2-7-15-33)48-43(50-44)34-16-8-3-9-17-34/h1-28H. The molecule has 0 spiro atoms. The van der Waals surface area contributed by atoms with Crippen molar-refractivity contribution in [2.24, 2.45) is 0 Å². The van der Waals surface area contributed by atoms with Crippen molar-refractivity contribution in [1.82, 2.24) is 24.9 Å². The molecule has 0 N–H and O–H groups in total. The minimum Gasteiger partial charge on any atom is -0.228 e. The van der Waals surface area contributed by atoms with E-state index < -0.39 is 0 Å². The molecule has 0 saturated carbocycles. The van der Waals surface area contributed by atoms with Crippen molar-refractivity contribution < 1.29 is 0 Å². The maximum atomic E-state index is 9.79. The lowest BCUT2D eigenvalue weighted by molar-refractivity contribution is 1.07. The fraction of sp³-hybridized carbons (Fsp3) is 0. The summed E-state index contributed by atoms with van der Waals surface area (Å²) < 4.78 is 0. The maximum Gasteiger partial charge on any atom is 0.164 e. The SMILES string of the molecule is N#Cc1ccccc1-c1cc(-c2ccccc2)nc(-c2ccc(-c3ccc(-c4nc(-c5ccccc5)nc(-c5ccccc5)n4)cc3)cc2)n1. The smallest absolute Gasteiger partial charge is 0.164 e. The highest BCUT2D eigenvalue weighted by Crippen LogP contribution is 2.31. The Morgan fingerprint density at radius 3 is 1.16 bits per heavy atom. The summed E-state index contributed by atoms with van der Waals surface area (Å²) in [6.07, 6.45) is 0. The zero-order chi connectivity index (χ0) is 33.7. The quantitative estimate of drug-likeness (QED) is 0.172. The Kier molecular flexibility index (Phi) is 8.20. The molecule has 0 fully saturated rings. The molecular formula is C44H28N6. The van der Waals surface area contributed by atoms with Gasteiger partial charge in [-0.2, -0.15) is 5.26 Å². The second kappa shape index (κ2) is 13.6. The molecule has 0 atom stereocenters. The van der Waals surface area contributed by atoms with Gasteiger partial charge in [0.05, 0.1) is 23.0 Å². The molecule has 0 radical (unpaired) electrons. The summed E-state index contributed by atoms with van der Waals surface area (Å²) in [6, 6.07) is 58.2. The summed E-state index contributed by atoms with van der Waals surface area (Å²) in [5.74, 6) is 2.47. The highest BCUT2D eigenvalue weighted by Gasteiger charge is 2.15. The first-order valence-corrected chi connectivity index (χ1v) is 16.2. The number of aromatic nitrogens is 5. The highest BCUT2D eigenvalue weighted by molar-refractivity contribution is 5.76. The van der Waals surface area contributed by atoms with E-state index in [9.17, 15) is 5.26 Å². The van der Waals surface area contributed by atoms with E-state index in [0.717, 1.165) is 50.2 Å². The van der Waals surface area contributed by atoms with Crippen molar-refractivity contribution in [3.63, 3.8) is 0 Å². The molecule has 2 heterocycles. The molecule has 0 amide bonds. The van der Waals surface area contributed by atoms with Crippen LogP contribution in [0.25, 0.3) is 79.2 Å². The van der Waals surface area contributed by atoms with Crippen LogP contribution < -0.4 is 0 Å². The van der Waals surface area contributed by atoms with Gasteiger partial charge in [0.15, 0.2) is 23.3 Å². The minimum atomic E-state index is 0.569. The first kappa shape index (κ1) is 30.2. The first-order valence-electron chi connectivity index (χ1n) is 16.2. The normalized spacial score (nSPS) is 10.8. The molecule has 8 aromatic rings. The number of nitrogens with zero attached hydrogens (tertiary/aromatic N) is 6. The minimum absolute atomic E-state index is 0.569. The van der Waals surface area contributed by atoms with Gasteiger partial charge in [0.1, 0.15) is 0 Å². The van der Waals surface area contributed by atoms with Gasteiger partial charge in [-0.3, -0.25) is 0 Å². The summed E-state index contributed by atoms with van der Waals surface area (Å²) >= 11 is 0. The van der Waals surface area contributed by atoms with E-state index in [0.29, 0.717) is 34.6 Å². The number of rotatable bonds is 7. The third kappa shape index (κ3) is 6.27. The molecule has 0 saturated heterocycles. The second-order valence-electron chi connectivity index (χ2n) is 11.7. The Morgan fingerprint density at radius 1 is 0.320 bits per heavy atom. The molecule has 6 heteroatoms. The lowest BCUT2D eigenvalue weighted by Crippen LogP contribution is -2.00. The van der Waals surface area contributed by atoms with Crippen LogP contribution in [-0.2, 0) is 0 Å². The van der Waals surface area contributed by atoms with Gasteiger partial charge in [-0.1, -0.05) is 158 Å². The molecule has 6 nitrogen and oxygen atoms in total. The fourth-order valence-corrected chi connectivity index (χ4v) is 5.84. The van der Waals surface area contributed by atoms with Gasteiger partial charge in [-0.05, 0) is 23.3 Å². The Bertz CT molecular complexity index is 2400. The number of benzene rings is 6. The largest absolute Gasteiger partial charge is 0.228 e. The van der Waals surface area contributed by atoms with Gasteiger partial charge >= 0.3 is 0 Å². The van der Waals surface area contributed by atoms with Crippen LogP contribution in [0.5, 0.6) is 0 Å². The summed E-state index contributed by atoms with van der Waals surface area (Å²) in [5.41, 5.74) is 9.59. The van der Waals surface area contributed by atoms with Crippen LogP contribution in [0.4, 0.5) is 0 Å². The van der Waals surface area contributed by atoms with Crippen LogP contribution in [-0.4, -0.2) is 24.9 Å². The lowest BCUT2D eigenvalue weighted by atomic mass is 10.0. The van der Waals surface area contributed by atoms with Gasteiger partial charge in [0.25, 0.3) is 0 Å². The summed E-state index contributed by atoms with van der Waals surface area (Å²) in [6.45, 7) is 0. The van der Waals surface area contributed by atoms with E-state index in [2.05, 4.69) is 30.3 Å². The molecular weight excluding hydrogens is 613 g/mol. The average molecular weight is 641 g/mol. The van der Waals surface area contributed by atoms with Crippen LogP contribution >= 0.6 is 0 Å². The Morgan fingerprint density at radius 2 is 0.680 bits per heavy atom. The molecule has 0 aliphatic rings. The molecule has 0 bridgehead atoms. The molecule has 0 aliphatic heterocycles. The van der Waals surface area contributed by atoms with Crippen molar-refractivity contribution in [3.05, 3.63) is 175 Å². The van der Waals surface area contributed by atoms with E-state index in [1.807, 2.05) is 146 Å². The maximum absolute atomic E-state index is 9.79. The first-order chi connectivity index (χ1) is 24.7. The van der Waals surface area contributed by atoms with E-state index in [-0.39, 0.29) is 0 Å². The molecule has 0 unspecified atom stereocenters. The zero-order valence-electron chi connectivity index (χ0n) is 26.8. The number of hydrogen-bond acceptors (Lipinski definition) is 6. The third-order valence-electron chi connectivity index (χ3n) is 8.44. The molecule has 8 rings (SSSR count). The summed E-state index contributed by atoms with van der Waals surface area (Å²) in [4.78, 5) is 24.4. The van der Waals surface area contributed by atoms with E-state index in [1.54, 1.807) is 0 Å². The Labute approximate surface area is 290 Å². The van der Waals surface area contributed by atoms with Crippen molar-refractivity contribution >= 4 is 0 Å². The highest BCUT2D eigenvalue weighted by atomic mass is 15.0.